The first-order valence-corrected chi connectivity index (χ1v) is 4.61. The standard InChI is InChI=1S/C10H15NO/c1-8(9-2-4-11-6-9)10-3-5-12-7-10/h3,5,7-9,11H,2,4,6H2,1H3. The summed E-state index contributed by atoms with van der Waals surface area (Å²) in [5.74, 6) is 1.43. The molecule has 1 aromatic heterocycles. The van der Waals surface area contributed by atoms with Gasteiger partial charge in [-0.2, -0.15) is 0 Å². The number of hydrogen-bond acceptors (Lipinski definition) is 2. The average Bonchev–Trinajstić information content (AvgIpc) is 2.77. The number of furan rings is 1. The summed E-state index contributed by atoms with van der Waals surface area (Å²) in [5, 5.41) is 3.38. The van der Waals surface area contributed by atoms with Crippen molar-refractivity contribution in [1.82, 2.24) is 5.32 Å². The van der Waals surface area contributed by atoms with E-state index in [1.165, 1.54) is 18.5 Å². The predicted octanol–water partition coefficient (Wildman–Crippen LogP) is 1.99. The molecule has 0 saturated carbocycles. The molecule has 2 heteroatoms. The zero-order valence-electron chi connectivity index (χ0n) is 7.42. The summed E-state index contributed by atoms with van der Waals surface area (Å²) in [7, 11) is 0. The second kappa shape index (κ2) is 3.31. The molecule has 1 aromatic rings. The lowest BCUT2D eigenvalue weighted by Crippen LogP contribution is -2.13. The zero-order chi connectivity index (χ0) is 8.39. The molecule has 2 rings (SSSR count). The van der Waals surface area contributed by atoms with E-state index in [2.05, 4.69) is 18.3 Å². The van der Waals surface area contributed by atoms with Crippen molar-refractivity contribution in [3.05, 3.63) is 24.2 Å². The fourth-order valence-electron chi connectivity index (χ4n) is 1.91. The van der Waals surface area contributed by atoms with Gasteiger partial charge in [-0.3, -0.25) is 0 Å². The molecule has 1 saturated heterocycles. The molecule has 2 nitrogen and oxygen atoms in total. The molecular weight excluding hydrogens is 150 g/mol. The first kappa shape index (κ1) is 7.87. The Balaban J connectivity index is 2.04. The van der Waals surface area contributed by atoms with Crippen LogP contribution < -0.4 is 5.32 Å². The molecule has 0 radical (unpaired) electrons. The smallest absolute Gasteiger partial charge is 0.0937 e. The third kappa shape index (κ3) is 1.39. The summed E-state index contributed by atoms with van der Waals surface area (Å²) in [6.45, 7) is 4.61. The molecule has 0 bridgehead atoms. The minimum absolute atomic E-state index is 0.638. The van der Waals surface area contributed by atoms with Crippen LogP contribution in [-0.2, 0) is 0 Å². The van der Waals surface area contributed by atoms with Gasteiger partial charge in [-0.05, 0) is 43.0 Å². The first-order chi connectivity index (χ1) is 5.88. The van der Waals surface area contributed by atoms with Crippen LogP contribution in [0, 0.1) is 5.92 Å². The van der Waals surface area contributed by atoms with Crippen molar-refractivity contribution in [1.29, 1.82) is 0 Å². The monoisotopic (exact) mass is 165 g/mol. The van der Waals surface area contributed by atoms with Crippen molar-refractivity contribution < 1.29 is 4.42 Å². The Labute approximate surface area is 73.0 Å². The van der Waals surface area contributed by atoms with Crippen LogP contribution in [-0.4, -0.2) is 13.1 Å². The van der Waals surface area contributed by atoms with Gasteiger partial charge in [0.15, 0.2) is 0 Å². The minimum atomic E-state index is 0.638. The maximum atomic E-state index is 5.07. The van der Waals surface area contributed by atoms with E-state index in [4.69, 9.17) is 4.42 Å². The van der Waals surface area contributed by atoms with E-state index in [9.17, 15) is 0 Å². The van der Waals surface area contributed by atoms with E-state index >= 15 is 0 Å². The van der Waals surface area contributed by atoms with E-state index in [1.807, 2.05) is 6.26 Å². The highest BCUT2D eigenvalue weighted by atomic mass is 16.3. The third-order valence-corrected chi connectivity index (χ3v) is 2.87. The van der Waals surface area contributed by atoms with Crippen LogP contribution in [0.25, 0.3) is 0 Å². The van der Waals surface area contributed by atoms with Crippen LogP contribution in [0.4, 0.5) is 0 Å². The fraction of sp³-hybridized carbons (Fsp3) is 0.600. The van der Waals surface area contributed by atoms with E-state index < -0.39 is 0 Å². The Morgan fingerprint density at radius 1 is 1.67 bits per heavy atom. The zero-order valence-corrected chi connectivity index (χ0v) is 7.42. The second-order valence-corrected chi connectivity index (χ2v) is 3.60. The fourth-order valence-corrected chi connectivity index (χ4v) is 1.91. The van der Waals surface area contributed by atoms with Crippen molar-refractivity contribution in [2.75, 3.05) is 13.1 Å². The Hall–Kier alpha value is -0.760. The van der Waals surface area contributed by atoms with E-state index in [0.29, 0.717) is 5.92 Å². The maximum absolute atomic E-state index is 5.07. The van der Waals surface area contributed by atoms with Crippen molar-refractivity contribution >= 4 is 0 Å². The van der Waals surface area contributed by atoms with Crippen LogP contribution in [0.15, 0.2) is 23.0 Å². The molecule has 2 atom stereocenters. The quantitative estimate of drug-likeness (QED) is 0.725. The molecule has 1 fully saturated rings. The lowest BCUT2D eigenvalue weighted by atomic mass is 9.89. The van der Waals surface area contributed by atoms with Gasteiger partial charge < -0.3 is 9.73 Å². The highest BCUT2D eigenvalue weighted by Crippen LogP contribution is 2.28. The van der Waals surface area contributed by atoms with Crippen LogP contribution in [0.3, 0.4) is 0 Å². The molecule has 2 heterocycles. The lowest BCUT2D eigenvalue weighted by Gasteiger charge is -2.15. The minimum Gasteiger partial charge on any atom is -0.472 e. The maximum Gasteiger partial charge on any atom is 0.0937 e. The number of rotatable bonds is 2. The van der Waals surface area contributed by atoms with Crippen LogP contribution >= 0.6 is 0 Å². The molecule has 66 valence electrons. The Bertz CT molecular complexity index is 224. The number of hydrogen-bond donors (Lipinski definition) is 1. The predicted molar refractivity (Wildman–Crippen MR) is 48.1 cm³/mol. The summed E-state index contributed by atoms with van der Waals surface area (Å²) in [6, 6.07) is 2.07. The van der Waals surface area contributed by atoms with E-state index in [-0.39, 0.29) is 0 Å². The first-order valence-electron chi connectivity index (χ1n) is 4.61. The van der Waals surface area contributed by atoms with Crippen molar-refractivity contribution in [3.63, 3.8) is 0 Å². The Morgan fingerprint density at radius 2 is 2.58 bits per heavy atom. The third-order valence-electron chi connectivity index (χ3n) is 2.87. The molecule has 2 unspecified atom stereocenters. The highest BCUT2D eigenvalue weighted by Gasteiger charge is 2.22. The van der Waals surface area contributed by atoms with Gasteiger partial charge in [0.05, 0.1) is 12.5 Å². The summed E-state index contributed by atoms with van der Waals surface area (Å²) >= 11 is 0. The van der Waals surface area contributed by atoms with Crippen LogP contribution in [0.5, 0.6) is 0 Å². The Morgan fingerprint density at radius 3 is 3.17 bits per heavy atom. The van der Waals surface area contributed by atoms with Gasteiger partial charge in [-0.25, -0.2) is 0 Å². The van der Waals surface area contributed by atoms with E-state index in [0.717, 1.165) is 12.5 Å². The summed E-state index contributed by atoms with van der Waals surface area (Å²) in [6.07, 6.45) is 4.92. The van der Waals surface area contributed by atoms with Gasteiger partial charge in [0, 0.05) is 0 Å². The van der Waals surface area contributed by atoms with Crippen LogP contribution in [0.1, 0.15) is 24.8 Å². The second-order valence-electron chi connectivity index (χ2n) is 3.60. The molecule has 0 aliphatic carbocycles. The topological polar surface area (TPSA) is 25.2 Å². The molecule has 1 N–H and O–H groups in total. The Kier molecular flexibility index (Phi) is 2.17. The largest absolute Gasteiger partial charge is 0.472 e. The molecular formula is C10H15NO. The highest BCUT2D eigenvalue weighted by molar-refractivity contribution is 5.13. The molecule has 0 amide bonds. The summed E-state index contributed by atoms with van der Waals surface area (Å²) in [4.78, 5) is 0. The van der Waals surface area contributed by atoms with Gasteiger partial charge in [-0.1, -0.05) is 6.92 Å². The van der Waals surface area contributed by atoms with Crippen molar-refractivity contribution in [2.24, 2.45) is 5.92 Å². The summed E-state index contributed by atoms with van der Waals surface area (Å²) < 4.78 is 5.07. The van der Waals surface area contributed by atoms with Crippen LogP contribution in [0.2, 0.25) is 0 Å². The average molecular weight is 165 g/mol. The molecule has 12 heavy (non-hydrogen) atoms. The normalized spacial score (nSPS) is 25.9. The van der Waals surface area contributed by atoms with Gasteiger partial charge in [-0.15, -0.1) is 0 Å². The molecule has 1 aliphatic heterocycles. The van der Waals surface area contributed by atoms with Gasteiger partial charge in [0.2, 0.25) is 0 Å². The number of nitrogens with one attached hydrogen (secondary N) is 1. The molecule has 0 aromatic carbocycles. The van der Waals surface area contributed by atoms with Gasteiger partial charge in [0.25, 0.3) is 0 Å². The van der Waals surface area contributed by atoms with Gasteiger partial charge >= 0.3 is 0 Å². The SMILES string of the molecule is CC(c1ccoc1)C1CCNC1. The van der Waals surface area contributed by atoms with E-state index in [1.54, 1.807) is 6.26 Å². The lowest BCUT2D eigenvalue weighted by molar-refractivity contribution is 0.479. The molecule has 0 spiro atoms. The van der Waals surface area contributed by atoms with Crippen molar-refractivity contribution in [3.8, 4) is 0 Å². The van der Waals surface area contributed by atoms with Crippen molar-refractivity contribution in [2.45, 2.75) is 19.3 Å². The van der Waals surface area contributed by atoms with Gasteiger partial charge in [0.1, 0.15) is 0 Å². The summed E-state index contributed by atoms with van der Waals surface area (Å²) in [5.41, 5.74) is 1.34. The molecule has 1 aliphatic rings.